The molecule has 2 rings (SSSR count). The topological polar surface area (TPSA) is 40.5 Å². The molecule has 0 amide bonds. The van der Waals surface area contributed by atoms with E-state index in [1.54, 1.807) is 6.08 Å². The highest BCUT2D eigenvalue weighted by Crippen LogP contribution is 2.55. The maximum absolute atomic E-state index is 9.92. The zero-order valence-corrected chi connectivity index (χ0v) is 8.62. The summed E-state index contributed by atoms with van der Waals surface area (Å²) in [5, 5.41) is 19.5. The molecule has 0 radical (unpaired) electrons. The Labute approximate surface area is 84.3 Å². The second-order valence-corrected chi connectivity index (χ2v) is 4.74. The Kier molecular flexibility index (Phi) is 1.78. The van der Waals surface area contributed by atoms with Gasteiger partial charge in [0.15, 0.2) is 0 Å². The van der Waals surface area contributed by atoms with Crippen molar-refractivity contribution in [1.29, 1.82) is 0 Å². The number of aliphatic hydroxyl groups excluding tert-OH is 2. The lowest BCUT2D eigenvalue weighted by Crippen LogP contribution is -2.41. The van der Waals surface area contributed by atoms with Gasteiger partial charge >= 0.3 is 0 Å². The second-order valence-electron chi connectivity index (χ2n) is 4.74. The van der Waals surface area contributed by atoms with Crippen molar-refractivity contribution in [2.75, 3.05) is 0 Å². The fourth-order valence-corrected chi connectivity index (χ4v) is 2.36. The lowest BCUT2D eigenvalue weighted by molar-refractivity contribution is 0.0746. The van der Waals surface area contributed by atoms with E-state index in [2.05, 4.69) is 13.0 Å². The van der Waals surface area contributed by atoms with Crippen LogP contribution in [0.4, 0.5) is 0 Å². The Hall–Kier alpha value is -1.18. The van der Waals surface area contributed by atoms with Gasteiger partial charge < -0.3 is 10.2 Å². The number of hydrogen-bond donors (Lipinski definition) is 2. The highest BCUT2D eigenvalue weighted by Gasteiger charge is 2.49. The predicted molar refractivity (Wildman–Crippen MR) is 56.0 cm³/mol. The molecule has 2 nitrogen and oxygen atoms in total. The molecule has 0 spiro atoms. The number of allylic oxidation sites excluding steroid dienone is 6. The van der Waals surface area contributed by atoms with Crippen LogP contribution in [0.25, 0.3) is 0 Å². The average Bonchev–Trinajstić information content (AvgIpc) is 2.11. The highest BCUT2D eigenvalue weighted by molar-refractivity contribution is 5.32. The van der Waals surface area contributed by atoms with Gasteiger partial charge in [0.25, 0.3) is 0 Å². The van der Waals surface area contributed by atoms with Gasteiger partial charge in [0.2, 0.25) is 0 Å². The summed E-state index contributed by atoms with van der Waals surface area (Å²) < 4.78 is 0. The van der Waals surface area contributed by atoms with Crippen molar-refractivity contribution in [2.45, 2.75) is 26.7 Å². The summed E-state index contributed by atoms with van der Waals surface area (Å²) in [4.78, 5) is 0. The first-order valence-electron chi connectivity index (χ1n) is 4.95. The lowest BCUT2D eigenvalue weighted by Gasteiger charge is -2.47. The SMILES string of the molecule is CC12C=CC=C(O)C1(C)CC(O)=CC2. The van der Waals surface area contributed by atoms with E-state index in [0.717, 1.165) is 6.42 Å². The maximum Gasteiger partial charge on any atom is 0.0994 e. The van der Waals surface area contributed by atoms with Crippen LogP contribution in [0.1, 0.15) is 26.7 Å². The first-order valence-corrected chi connectivity index (χ1v) is 4.95. The molecule has 0 fully saturated rings. The van der Waals surface area contributed by atoms with Gasteiger partial charge in [-0.25, -0.2) is 0 Å². The molecule has 2 heteroatoms. The fourth-order valence-electron chi connectivity index (χ4n) is 2.36. The van der Waals surface area contributed by atoms with Crippen LogP contribution in [0.15, 0.2) is 35.8 Å². The molecule has 2 aliphatic carbocycles. The van der Waals surface area contributed by atoms with E-state index in [9.17, 15) is 10.2 Å². The Morgan fingerprint density at radius 3 is 2.71 bits per heavy atom. The van der Waals surface area contributed by atoms with Crippen molar-refractivity contribution in [1.82, 2.24) is 0 Å². The Morgan fingerprint density at radius 1 is 1.29 bits per heavy atom. The van der Waals surface area contributed by atoms with E-state index in [4.69, 9.17) is 0 Å². The van der Waals surface area contributed by atoms with E-state index in [0.29, 0.717) is 17.9 Å². The number of fused-ring (bicyclic) bond motifs is 1. The minimum absolute atomic E-state index is 0.0714. The van der Waals surface area contributed by atoms with Crippen LogP contribution < -0.4 is 0 Å². The zero-order valence-electron chi connectivity index (χ0n) is 8.62. The standard InChI is InChI=1S/C12H16O2/c1-11-6-3-4-10(14)12(11,2)8-9(13)5-7-11/h3-6,13-14H,7-8H2,1-2H3. The smallest absolute Gasteiger partial charge is 0.0994 e. The maximum atomic E-state index is 9.92. The molecule has 0 aromatic rings. The van der Waals surface area contributed by atoms with Crippen molar-refractivity contribution in [2.24, 2.45) is 10.8 Å². The summed E-state index contributed by atoms with van der Waals surface area (Å²) in [5.41, 5.74) is -0.418. The third-order valence-electron chi connectivity index (χ3n) is 3.84. The van der Waals surface area contributed by atoms with Gasteiger partial charge in [-0.1, -0.05) is 26.0 Å². The lowest BCUT2D eigenvalue weighted by atomic mass is 9.57. The molecule has 76 valence electrons. The number of hydrogen-bond acceptors (Lipinski definition) is 2. The quantitative estimate of drug-likeness (QED) is 0.618. The third-order valence-corrected chi connectivity index (χ3v) is 3.84. The van der Waals surface area contributed by atoms with Crippen molar-refractivity contribution in [3.8, 4) is 0 Å². The van der Waals surface area contributed by atoms with E-state index >= 15 is 0 Å². The summed E-state index contributed by atoms with van der Waals surface area (Å²) in [6.45, 7) is 4.13. The minimum Gasteiger partial charge on any atom is -0.513 e. The molecule has 0 aromatic carbocycles. The van der Waals surface area contributed by atoms with E-state index < -0.39 is 0 Å². The Bertz CT molecular complexity index is 351. The molecule has 0 saturated carbocycles. The average molecular weight is 192 g/mol. The van der Waals surface area contributed by atoms with Crippen molar-refractivity contribution < 1.29 is 10.2 Å². The summed E-state index contributed by atoms with van der Waals surface area (Å²) in [6.07, 6.45) is 8.90. The molecular weight excluding hydrogens is 176 g/mol. The molecular formula is C12H16O2. The molecule has 2 atom stereocenters. The molecule has 2 unspecified atom stereocenters. The summed E-state index contributed by atoms with van der Waals surface area (Å²) in [6, 6.07) is 0. The van der Waals surface area contributed by atoms with Crippen LogP contribution in [0.5, 0.6) is 0 Å². The van der Waals surface area contributed by atoms with Crippen molar-refractivity contribution >= 4 is 0 Å². The van der Waals surface area contributed by atoms with Gasteiger partial charge in [0, 0.05) is 17.3 Å². The summed E-state index contributed by atoms with van der Waals surface area (Å²) in [5.74, 6) is 0.766. The molecule has 0 saturated heterocycles. The van der Waals surface area contributed by atoms with E-state index in [-0.39, 0.29) is 10.8 Å². The van der Waals surface area contributed by atoms with E-state index in [1.165, 1.54) is 0 Å². The van der Waals surface area contributed by atoms with Gasteiger partial charge in [-0.15, -0.1) is 0 Å². The van der Waals surface area contributed by atoms with Crippen LogP contribution in [0, 0.1) is 10.8 Å². The summed E-state index contributed by atoms with van der Waals surface area (Å²) >= 11 is 0. The highest BCUT2D eigenvalue weighted by atomic mass is 16.3. The molecule has 14 heavy (non-hydrogen) atoms. The Morgan fingerprint density at radius 2 is 2.00 bits per heavy atom. The molecule has 2 N–H and O–H groups in total. The number of aliphatic hydroxyl groups is 2. The van der Waals surface area contributed by atoms with E-state index in [1.807, 2.05) is 19.1 Å². The predicted octanol–water partition coefficient (Wildman–Crippen LogP) is 3.25. The normalized spacial score (nSPS) is 41.3. The molecule has 2 aliphatic rings. The van der Waals surface area contributed by atoms with Crippen LogP contribution >= 0.6 is 0 Å². The summed E-state index contributed by atoms with van der Waals surface area (Å²) in [7, 11) is 0. The van der Waals surface area contributed by atoms with Crippen LogP contribution in [0.3, 0.4) is 0 Å². The second kappa shape index (κ2) is 2.66. The largest absolute Gasteiger partial charge is 0.513 e. The van der Waals surface area contributed by atoms with Crippen LogP contribution in [0.2, 0.25) is 0 Å². The Balaban J connectivity index is 2.50. The van der Waals surface area contributed by atoms with Crippen molar-refractivity contribution in [3.05, 3.63) is 35.8 Å². The molecule has 0 aliphatic heterocycles. The van der Waals surface area contributed by atoms with Gasteiger partial charge in [-0.05, 0) is 18.6 Å². The van der Waals surface area contributed by atoms with Crippen LogP contribution in [-0.2, 0) is 0 Å². The van der Waals surface area contributed by atoms with Gasteiger partial charge in [0.05, 0.1) is 11.5 Å². The first kappa shape index (κ1) is 9.38. The number of rotatable bonds is 0. The van der Waals surface area contributed by atoms with Gasteiger partial charge in [-0.2, -0.15) is 0 Å². The first-order chi connectivity index (χ1) is 6.48. The van der Waals surface area contributed by atoms with Gasteiger partial charge in [0.1, 0.15) is 0 Å². The van der Waals surface area contributed by atoms with Gasteiger partial charge in [-0.3, -0.25) is 0 Å². The van der Waals surface area contributed by atoms with Crippen molar-refractivity contribution in [3.63, 3.8) is 0 Å². The third kappa shape index (κ3) is 1.03. The molecule has 0 aromatic heterocycles. The molecule has 0 bridgehead atoms. The zero-order chi connectivity index (χ0) is 10.4. The fraction of sp³-hybridized carbons (Fsp3) is 0.500. The monoisotopic (exact) mass is 192 g/mol. The molecule has 0 heterocycles. The van der Waals surface area contributed by atoms with Crippen LogP contribution in [-0.4, -0.2) is 10.2 Å². The minimum atomic E-state index is -0.347.